The molecule has 1 atom stereocenters. The third kappa shape index (κ3) is 3.59. The fraction of sp³-hybridized carbons (Fsp3) is 0.692. The third-order valence-corrected chi connectivity index (χ3v) is 6.38. The molecule has 1 saturated heterocycles. The Morgan fingerprint density at radius 3 is 2.90 bits per heavy atom. The summed E-state index contributed by atoms with van der Waals surface area (Å²) in [5, 5.41) is 5.01. The van der Waals surface area contributed by atoms with E-state index in [1.807, 2.05) is 0 Å². The highest BCUT2D eigenvalue weighted by atomic mass is 32.2. The molecule has 0 spiro atoms. The molecule has 20 heavy (non-hydrogen) atoms. The highest BCUT2D eigenvalue weighted by Crippen LogP contribution is 2.25. The Hall–Kier alpha value is -0.470. The van der Waals surface area contributed by atoms with Gasteiger partial charge in [0.05, 0.1) is 17.5 Å². The maximum Gasteiger partial charge on any atom is 0.243 e. The number of ether oxygens (including phenoxy) is 1. The molecule has 1 N–H and O–H groups in total. The summed E-state index contributed by atoms with van der Waals surface area (Å²) in [4.78, 5) is 1.42. The van der Waals surface area contributed by atoms with Crippen molar-refractivity contribution in [2.45, 2.75) is 43.8 Å². The van der Waals surface area contributed by atoms with Crippen molar-refractivity contribution in [3.05, 3.63) is 16.3 Å². The van der Waals surface area contributed by atoms with Crippen molar-refractivity contribution in [1.82, 2.24) is 9.62 Å². The van der Waals surface area contributed by atoms with Crippen LogP contribution in [0, 0.1) is 0 Å². The van der Waals surface area contributed by atoms with Crippen LogP contribution in [0.2, 0.25) is 0 Å². The van der Waals surface area contributed by atoms with Crippen LogP contribution in [0.3, 0.4) is 0 Å². The van der Waals surface area contributed by atoms with Crippen molar-refractivity contribution >= 4 is 21.4 Å². The van der Waals surface area contributed by atoms with Gasteiger partial charge in [-0.15, -0.1) is 11.3 Å². The normalized spacial score (nSPS) is 20.1. The van der Waals surface area contributed by atoms with Crippen molar-refractivity contribution < 1.29 is 13.2 Å². The van der Waals surface area contributed by atoms with Crippen molar-refractivity contribution in [3.8, 4) is 0 Å². The zero-order valence-electron chi connectivity index (χ0n) is 12.1. The van der Waals surface area contributed by atoms with Gasteiger partial charge in [0.1, 0.15) is 0 Å². The van der Waals surface area contributed by atoms with Crippen molar-refractivity contribution in [2.75, 3.05) is 20.3 Å². The van der Waals surface area contributed by atoms with Gasteiger partial charge < -0.3 is 10.1 Å². The van der Waals surface area contributed by atoms with Gasteiger partial charge in [-0.25, -0.2) is 8.42 Å². The summed E-state index contributed by atoms with van der Waals surface area (Å²) < 4.78 is 31.8. The van der Waals surface area contributed by atoms with Gasteiger partial charge in [-0.3, -0.25) is 0 Å². The number of hydrogen-bond acceptors (Lipinski definition) is 5. The Morgan fingerprint density at radius 1 is 1.55 bits per heavy atom. The SMILES string of the molecule is CC(C)NCc1cc(S(=O)(=O)N(C)C2CCOC2)cs1. The lowest BCUT2D eigenvalue weighted by molar-refractivity contribution is 0.181. The molecule has 114 valence electrons. The van der Waals surface area contributed by atoms with Crippen LogP contribution < -0.4 is 5.32 Å². The second-order valence-electron chi connectivity index (χ2n) is 5.32. The standard InChI is InChI=1S/C13H22N2O3S2/c1-10(2)14-7-12-6-13(9-19-12)20(16,17)15(3)11-4-5-18-8-11/h6,9-11,14H,4-5,7-8H2,1-3H3. The van der Waals surface area contributed by atoms with Crippen LogP contribution >= 0.6 is 11.3 Å². The van der Waals surface area contributed by atoms with Crippen molar-refractivity contribution in [2.24, 2.45) is 0 Å². The van der Waals surface area contributed by atoms with Gasteiger partial charge in [-0.1, -0.05) is 13.8 Å². The second kappa shape index (κ2) is 6.53. The van der Waals surface area contributed by atoms with Crippen LogP contribution in [0.15, 0.2) is 16.3 Å². The van der Waals surface area contributed by atoms with Crippen LogP contribution in [0.4, 0.5) is 0 Å². The van der Waals surface area contributed by atoms with Gasteiger partial charge in [0, 0.05) is 36.5 Å². The van der Waals surface area contributed by atoms with Gasteiger partial charge in [0.2, 0.25) is 10.0 Å². The largest absolute Gasteiger partial charge is 0.380 e. The van der Waals surface area contributed by atoms with E-state index in [0.29, 0.717) is 30.7 Å². The summed E-state index contributed by atoms with van der Waals surface area (Å²) in [6, 6.07) is 2.11. The number of likely N-dealkylation sites (N-methyl/N-ethyl adjacent to an activating group) is 1. The average Bonchev–Trinajstić information content (AvgIpc) is 3.06. The van der Waals surface area contributed by atoms with Crippen LogP contribution in [0.25, 0.3) is 0 Å². The average molecular weight is 318 g/mol. The second-order valence-corrected chi connectivity index (χ2v) is 8.32. The molecule has 0 amide bonds. The van der Waals surface area contributed by atoms with Gasteiger partial charge >= 0.3 is 0 Å². The Kier molecular flexibility index (Phi) is 5.19. The maximum absolute atomic E-state index is 12.5. The van der Waals surface area contributed by atoms with Crippen LogP contribution in [0.1, 0.15) is 25.1 Å². The van der Waals surface area contributed by atoms with Gasteiger partial charge in [0.25, 0.3) is 0 Å². The Labute approximate surface area is 125 Å². The van der Waals surface area contributed by atoms with Gasteiger partial charge in [-0.05, 0) is 12.5 Å². The Balaban J connectivity index is 2.09. The first kappa shape index (κ1) is 15.9. The minimum absolute atomic E-state index is 0.0443. The molecule has 0 bridgehead atoms. The quantitative estimate of drug-likeness (QED) is 0.866. The number of nitrogens with one attached hydrogen (secondary N) is 1. The first-order valence-corrected chi connectivity index (χ1v) is 9.10. The molecule has 0 aliphatic carbocycles. The molecule has 1 aromatic heterocycles. The molecule has 1 aromatic rings. The van der Waals surface area contributed by atoms with E-state index < -0.39 is 10.0 Å². The summed E-state index contributed by atoms with van der Waals surface area (Å²) in [7, 11) is -1.77. The number of rotatable bonds is 6. The topological polar surface area (TPSA) is 58.6 Å². The van der Waals surface area contributed by atoms with E-state index in [1.165, 1.54) is 15.6 Å². The number of nitrogens with zero attached hydrogens (tertiary/aromatic N) is 1. The summed E-state index contributed by atoms with van der Waals surface area (Å²) in [5.74, 6) is 0. The predicted octanol–water partition coefficient (Wildman–Crippen LogP) is 1.66. The lowest BCUT2D eigenvalue weighted by Crippen LogP contribution is -2.37. The van der Waals surface area contributed by atoms with Crippen LogP contribution in [-0.2, 0) is 21.3 Å². The highest BCUT2D eigenvalue weighted by molar-refractivity contribution is 7.89. The summed E-state index contributed by atoms with van der Waals surface area (Å²) in [5.41, 5.74) is 0. The lowest BCUT2D eigenvalue weighted by Gasteiger charge is -2.21. The molecule has 1 fully saturated rings. The molecular weight excluding hydrogens is 296 g/mol. The predicted molar refractivity (Wildman–Crippen MR) is 80.5 cm³/mol. The number of hydrogen-bond donors (Lipinski definition) is 1. The summed E-state index contributed by atoms with van der Waals surface area (Å²) >= 11 is 1.48. The fourth-order valence-corrected chi connectivity index (χ4v) is 4.65. The molecular formula is C13H22N2O3S2. The highest BCUT2D eigenvalue weighted by Gasteiger charge is 2.31. The van der Waals surface area contributed by atoms with E-state index in [2.05, 4.69) is 19.2 Å². The molecule has 2 heterocycles. The van der Waals surface area contributed by atoms with Crippen LogP contribution in [-0.4, -0.2) is 45.1 Å². The summed E-state index contributed by atoms with van der Waals surface area (Å²) in [6.45, 7) is 5.96. The van der Waals surface area contributed by atoms with Gasteiger partial charge in [-0.2, -0.15) is 4.31 Å². The van der Waals surface area contributed by atoms with E-state index in [1.54, 1.807) is 18.5 Å². The minimum Gasteiger partial charge on any atom is -0.380 e. The molecule has 1 aliphatic heterocycles. The van der Waals surface area contributed by atoms with E-state index in [0.717, 1.165) is 11.3 Å². The van der Waals surface area contributed by atoms with Crippen molar-refractivity contribution in [1.29, 1.82) is 0 Å². The Bertz CT molecular complexity index is 534. The molecule has 5 nitrogen and oxygen atoms in total. The van der Waals surface area contributed by atoms with E-state index in [9.17, 15) is 8.42 Å². The van der Waals surface area contributed by atoms with E-state index in [-0.39, 0.29) is 6.04 Å². The smallest absolute Gasteiger partial charge is 0.243 e. The fourth-order valence-electron chi connectivity index (χ4n) is 2.06. The van der Waals surface area contributed by atoms with Crippen LogP contribution in [0.5, 0.6) is 0 Å². The number of sulfonamides is 1. The molecule has 0 saturated carbocycles. The molecule has 2 rings (SSSR count). The zero-order valence-corrected chi connectivity index (χ0v) is 13.8. The molecule has 0 aromatic carbocycles. The van der Waals surface area contributed by atoms with Gasteiger partial charge in [0.15, 0.2) is 0 Å². The Morgan fingerprint density at radius 2 is 2.30 bits per heavy atom. The first-order chi connectivity index (χ1) is 9.41. The molecule has 1 aliphatic rings. The number of thiophene rings is 1. The summed E-state index contributed by atoms with van der Waals surface area (Å²) in [6.07, 6.45) is 0.766. The monoisotopic (exact) mass is 318 g/mol. The first-order valence-electron chi connectivity index (χ1n) is 6.78. The lowest BCUT2D eigenvalue weighted by atomic mass is 10.3. The third-order valence-electron chi connectivity index (χ3n) is 3.41. The minimum atomic E-state index is -3.40. The maximum atomic E-state index is 12.5. The van der Waals surface area contributed by atoms with E-state index in [4.69, 9.17) is 4.74 Å². The molecule has 0 radical (unpaired) electrons. The van der Waals surface area contributed by atoms with Crippen molar-refractivity contribution in [3.63, 3.8) is 0 Å². The van der Waals surface area contributed by atoms with E-state index >= 15 is 0 Å². The zero-order chi connectivity index (χ0) is 14.8. The molecule has 1 unspecified atom stereocenters. The molecule has 7 heteroatoms.